The van der Waals surface area contributed by atoms with Gasteiger partial charge in [0.05, 0.1) is 16.8 Å². The van der Waals surface area contributed by atoms with Crippen LogP contribution in [0, 0.1) is 6.92 Å². The van der Waals surface area contributed by atoms with Gasteiger partial charge in [-0.1, -0.05) is 56.3 Å². The molecule has 0 saturated heterocycles. The topological polar surface area (TPSA) is 50.2 Å². The number of aromatic nitrogens is 1. The predicted octanol–water partition coefficient (Wildman–Crippen LogP) is 5.42. The first-order valence-electron chi connectivity index (χ1n) is 8.26. The molecular formula is C21H21NO2. The molecule has 1 heterocycles. The number of nitrogens with zero attached hydrogens (tertiary/aromatic N) is 1. The van der Waals surface area contributed by atoms with Crippen molar-refractivity contribution in [2.75, 3.05) is 0 Å². The minimum absolute atomic E-state index is 0.335. The summed E-state index contributed by atoms with van der Waals surface area (Å²) in [4.78, 5) is 16.5. The van der Waals surface area contributed by atoms with Crippen LogP contribution in [0.4, 0.5) is 0 Å². The quantitative estimate of drug-likeness (QED) is 0.698. The number of para-hydroxylation sites is 1. The monoisotopic (exact) mass is 319 g/mol. The fourth-order valence-electron chi connectivity index (χ4n) is 3.07. The minimum Gasteiger partial charge on any atom is -0.478 e. The van der Waals surface area contributed by atoms with Crippen molar-refractivity contribution in [3.63, 3.8) is 0 Å². The van der Waals surface area contributed by atoms with Crippen LogP contribution in [0.25, 0.3) is 22.2 Å². The fraction of sp³-hybridized carbons (Fsp3) is 0.238. The summed E-state index contributed by atoms with van der Waals surface area (Å²) >= 11 is 0. The number of fused-ring (bicyclic) bond motifs is 1. The van der Waals surface area contributed by atoms with E-state index in [-0.39, 0.29) is 0 Å². The Kier molecular flexibility index (Phi) is 4.34. The number of aromatic carboxylic acids is 1. The van der Waals surface area contributed by atoms with Crippen LogP contribution >= 0.6 is 0 Å². The second kappa shape index (κ2) is 6.44. The molecule has 1 atom stereocenters. The van der Waals surface area contributed by atoms with Crippen molar-refractivity contribution in [1.82, 2.24) is 4.98 Å². The lowest BCUT2D eigenvalue weighted by atomic mass is 9.94. The molecule has 3 nitrogen and oxygen atoms in total. The lowest BCUT2D eigenvalue weighted by Crippen LogP contribution is -2.05. The van der Waals surface area contributed by atoms with E-state index >= 15 is 0 Å². The Bertz CT molecular complexity index is 898. The molecule has 122 valence electrons. The summed E-state index contributed by atoms with van der Waals surface area (Å²) in [6, 6.07) is 15.7. The summed E-state index contributed by atoms with van der Waals surface area (Å²) in [5.41, 5.74) is 4.73. The summed E-state index contributed by atoms with van der Waals surface area (Å²) in [5.74, 6) is -0.400. The molecule has 0 bridgehead atoms. The number of rotatable bonds is 4. The van der Waals surface area contributed by atoms with E-state index in [9.17, 15) is 9.90 Å². The number of carboxylic acids is 1. The average molecular weight is 319 g/mol. The maximum atomic E-state index is 11.8. The Morgan fingerprint density at radius 1 is 1.12 bits per heavy atom. The molecule has 0 spiro atoms. The summed E-state index contributed by atoms with van der Waals surface area (Å²) in [6.07, 6.45) is 1.09. The van der Waals surface area contributed by atoms with Crippen LogP contribution in [0.2, 0.25) is 0 Å². The van der Waals surface area contributed by atoms with Gasteiger partial charge >= 0.3 is 5.97 Å². The van der Waals surface area contributed by atoms with Crippen molar-refractivity contribution in [3.8, 4) is 11.3 Å². The molecule has 0 radical (unpaired) electrons. The van der Waals surface area contributed by atoms with E-state index in [1.807, 2.05) is 43.3 Å². The van der Waals surface area contributed by atoms with Crippen molar-refractivity contribution in [2.45, 2.75) is 33.1 Å². The fourth-order valence-corrected chi connectivity index (χ4v) is 3.07. The normalized spacial score (nSPS) is 12.3. The molecule has 3 rings (SSSR count). The Morgan fingerprint density at radius 3 is 2.42 bits per heavy atom. The summed E-state index contributed by atoms with van der Waals surface area (Å²) in [5, 5.41) is 10.3. The SMILES string of the molecule is CCC(C)c1ccc(-c2nc3ccccc3c(C(=O)O)c2C)cc1. The zero-order chi connectivity index (χ0) is 17.3. The molecule has 24 heavy (non-hydrogen) atoms. The van der Waals surface area contributed by atoms with Gasteiger partial charge < -0.3 is 5.11 Å². The van der Waals surface area contributed by atoms with Gasteiger partial charge in [0, 0.05) is 10.9 Å². The van der Waals surface area contributed by atoms with Crippen LogP contribution in [-0.4, -0.2) is 16.1 Å². The highest BCUT2D eigenvalue weighted by Gasteiger charge is 2.18. The van der Waals surface area contributed by atoms with Crippen LogP contribution in [0.1, 0.15) is 47.7 Å². The molecule has 0 fully saturated rings. The van der Waals surface area contributed by atoms with Crippen molar-refractivity contribution >= 4 is 16.9 Å². The van der Waals surface area contributed by atoms with Gasteiger partial charge in [-0.15, -0.1) is 0 Å². The number of benzene rings is 2. The van der Waals surface area contributed by atoms with Crippen LogP contribution in [0.5, 0.6) is 0 Å². The van der Waals surface area contributed by atoms with Crippen LogP contribution < -0.4 is 0 Å². The number of hydrogen-bond acceptors (Lipinski definition) is 2. The first kappa shape index (κ1) is 16.2. The third kappa shape index (κ3) is 2.78. The maximum Gasteiger partial charge on any atom is 0.336 e. The average Bonchev–Trinajstić information content (AvgIpc) is 2.60. The van der Waals surface area contributed by atoms with E-state index in [1.54, 1.807) is 0 Å². The zero-order valence-electron chi connectivity index (χ0n) is 14.2. The largest absolute Gasteiger partial charge is 0.478 e. The highest BCUT2D eigenvalue weighted by atomic mass is 16.4. The smallest absolute Gasteiger partial charge is 0.336 e. The number of carboxylic acid groups (broad SMARTS) is 1. The summed E-state index contributed by atoms with van der Waals surface area (Å²) < 4.78 is 0. The number of pyridine rings is 1. The summed E-state index contributed by atoms with van der Waals surface area (Å²) in [6.45, 7) is 6.21. The first-order chi connectivity index (χ1) is 11.5. The van der Waals surface area contributed by atoms with E-state index in [2.05, 4.69) is 26.0 Å². The number of carbonyl (C=O) groups is 1. The van der Waals surface area contributed by atoms with Crippen molar-refractivity contribution in [1.29, 1.82) is 0 Å². The van der Waals surface area contributed by atoms with Crippen LogP contribution in [0.3, 0.4) is 0 Å². The molecule has 0 aliphatic heterocycles. The standard InChI is InChI=1S/C21H21NO2/c1-4-13(2)15-9-11-16(12-10-15)20-14(3)19(21(23)24)17-7-5-6-8-18(17)22-20/h5-13H,4H2,1-3H3,(H,23,24). The molecule has 0 saturated carbocycles. The Balaban J connectivity index is 2.19. The molecule has 3 heteroatoms. The third-order valence-electron chi connectivity index (χ3n) is 4.72. The Labute approximate surface area is 142 Å². The minimum atomic E-state index is -0.913. The van der Waals surface area contributed by atoms with E-state index in [0.717, 1.165) is 17.7 Å². The Morgan fingerprint density at radius 2 is 1.79 bits per heavy atom. The van der Waals surface area contributed by atoms with Gasteiger partial charge in [-0.3, -0.25) is 0 Å². The summed E-state index contributed by atoms with van der Waals surface area (Å²) in [7, 11) is 0. The molecule has 2 aromatic carbocycles. The molecule has 1 aromatic heterocycles. The molecule has 0 aliphatic rings. The maximum absolute atomic E-state index is 11.8. The van der Waals surface area contributed by atoms with Crippen molar-refractivity contribution in [3.05, 3.63) is 65.2 Å². The van der Waals surface area contributed by atoms with Gasteiger partial charge in [-0.2, -0.15) is 0 Å². The van der Waals surface area contributed by atoms with Gasteiger partial charge in [-0.25, -0.2) is 9.78 Å². The molecule has 1 N–H and O–H groups in total. The van der Waals surface area contributed by atoms with E-state index in [0.29, 0.717) is 27.9 Å². The van der Waals surface area contributed by atoms with E-state index < -0.39 is 5.97 Å². The Hall–Kier alpha value is -2.68. The second-order valence-electron chi connectivity index (χ2n) is 6.21. The predicted molar refractivity (Wildman–Crippen MR) is 97.6 cm³/mol. The van der Waals surface area contributed by atoms with Gasteiger partial charge in [-0.05, 0) is 36.5 Å². The lowest BCUT2D eigenvalue weighted by Gasteiger charge is -2.13. The highest BCUT2D eigenvalue weighted by Crippen LogP contribution is 2.30. The van der Waals surface area contributed by atoms with Gasteiger partial charge in [0.1, 0.15) is 0 Å². The molecular weight excluding hydrogens is 298 g/mol. The van der Waals surface area contributed by atoms with Crippen LogP contribution in [-0.2, 0) is 0 Å². The highest BCUT2D eigenvalue weighted by molar-refractivity contribution is 6.05. The van der Waals surface area contributed by atoms with Crippen molar-refractivity contribution in [2.24, 2.45) is 0 Å². The van der Waals surface area contributed by atoms with E-state index in [4.69, 9.17) is 4.98 Å². The second-order valence-corrected chi connectivity index (χ2v) is 6.21. The van der Waals surface area contributed by atoms with Gasteiger partial charge in [0.15, 0.2) is 0 Å². The van der Waals surface area contributed by atoms with Gasteiger partial charge in [0.2, 0.25) is 0 Å². The zero-order valence-corrected chi connectivity index (χ0v) is 14.2. The molecule has 3 aromatic rings. The molecule has 0 aliphatic carbocycles. The first-order valence-corrected chi connectivity index (χ1v) is 8.26. The van der Waals surface area contributed by atoms with Crippen molar-refractivity contribution < 1.29 is 9.90 Å². The number of hydrogen-bond donors (Lipinski definition) is 1. The van der Waals surface area contributed by atoms with E-state index in [1.165, 1.54) is 5.56 Å². The molecule has 1 unspecified atom stereocenters. The third-order valence-corrected chi connectivity index (χ3v) is 4.72. The van der Waals surface area contributed by atoms with Crippen LogP contribution in [0.15, 0.2) is 48.5 Å². The van der Waals surface area contributed by atoms with Gasteiger partial charge in [0.25, 0.3) is 0 Å². The molecule has 0 amide bonds. The lowest BCUT2D eigenvalue weighted by molar-refractivity contribution is 0.0698.